The third kappa shape index (κ3) is 5.34. The Labute approximate surface area is 177 Å². The lowest BCUT2D eigenvalue weighted by atomic mass is 10.2. The molecular weight excluding hydrogens is 408 g/mol. The van der Waals surface area contributed by atoms with Crippen molar-refractivity contribution in [3.63, 3.8) is 0 Å². The van der Waals surface area contributed by atoms with Crippen LogP contribution in [0.2, 0.25) is 5.02 Å². The molecular formula is C21H19ClN4O2S. The molecule has 0 aliphatic carbocycles. The SMILES string of the molecule is C=C(C)Cn1c(SCC(=O)NN=Cc2ccccc2Cl)nc2ccccc2c1=O. The first kappa shape index (κ1) is 20.8. The molecule has 2 aromatic carbocycles. The zero-order valence-electron chi connectivity index (χ0n) is 15.8. The van der Waals surface area contributed by atoms with E-state index in [1.54, 1.807) is 30.3 Å². The minimum absolute atomic E-state index is 0.0564. The third-order valence-electron chi connectivity index (χ3n) is 3.89. The molecule has 0 aliphatic heterocycles. The van der Waals surface area contributed by atoms with Crippen LogP contribution in [-0.2, 0) is 11.3 Å². The Kier molecular flexibility index (Phi) is 6.85. The standard InChI is InChI=1S/C21H19ClN4O2S/c1-14(2)12-26-20(28)16-8-4-6-10-18(16)24-21(26)29-13-19(27)25-23-11-15-7-3-5-9-17(15)22/h3-11H,1,12-13H2,2H3,(H,25,27). The van der Waals surface area contributed by atoms with Gasteiger partial charge < -0.3 is 0 Å². The van der Waals surface area contributed by atoms with E-state index in [0.29, 0.717) is 33.2 Å². The third-order valence-corrected chi connectivity index (χ3v) is 5.21. The number of allylic oxidation sites excluding steroid dienone is 1. The van der Waals surface area contributed by atoms with Crippen molar-refractivity contribution in [2.75, 3.05) is 5.75 Å². The Balaban J connectivity index is 1.74. The van der Waals surface area contributed by atoms with Gasteiger partial charge in [-0.1, -0.05) is 65.8 Å². The Bertz CT molecular complexity index is 1160. The fourth-order valence-corrected chi connectivity index (χ4v) is 3.56. The molecule has 0 radical (unpaired) electrons. The van der Waals surface area contributed by atoms with Gasteiger partial charge in [0.15, 0.2) is 5.16 Å². The number of amides is 1. The maximum atomic E-state index is 12.8. The number of nitrogens with one attached hydrogen (secondary N) is 1. The molecule has 3 rings (SSSR count). The molecule has 0 spiro atoms. The highest BCUT2D eigenvalue weighted by atomic mass is 35.5. The van der Waals surface area contributed by atoms with Gasteiger partial charge in [0.25, 0.3) is 11.5 Å². The van der Waals surface area contributed by atoms with Crippen molar-refractivity contribution < 1.29 is 4.79 Å². The molecule has 0 aliphatic rings. The number of para-hydroxylation sites is 1. The Morgan fingerprint density at radius 1 is 1.28 bits per heavy atom. The summed E-state index contributed by atoms with van der Waals surface area (Å²) in [6.45, 7) is 6.06. The smallest absolute Gasteiger partial charge is 0.262 e. The van der Waals surface area contributed by atoms with Crippen molar-refractivity contribution in [2.45, 2.75) is 18.6 Å². The number of hydrogen-bond donors (Lipinski definition) is 1. The first-order valence-corrected chi connectivity index (χ1v) is 10.2. The normalized spacial score (nSPS) is 11.1. The molecule has 3 aromatic rings. The maximum absolute atomic E-state index is 12.8. The number of rotatable bonds is 7. The minimum Gasteiger partial charge on any atom is -0.283 e. The van der Waals surface area contributed by atoms with Crippen LogP contribution in [0.25, 0.3) is 10.9 Å². The molecule has 1 N–H and O–H groups in total. The highest BCUT2D eigenvalue weighted by Crippen LogP contribution is 2.18. The molecule has 0 fully saturated rings. The number of hydrogen-bond acceptors (Lipinski definition) is 5. The van der Waals surface area contributed by atoms with E-state index < -0.39 is 0 Å². The quantitative estimate of drug-likeness (QED) is 0.204. The van der Waals surface area contributed by atoms with E-state index in [0.717, 1.165) is 5.57 Å². The molecule has 0 unspecified atom stereocenters. The predicted octanol–water partition coefficient (Wildman–Crippen LogP) is 3.87. The fourth-order valence-electron chi connectivity index (χ4n) is 2.58. The summed E-state index contributed by atoms with van der Waals surface area (Å²) in [4.78, 5) is 29.5. The van der Waals surface area contributed by atoms with E-state index in [1.165, 1.54) is 22.5 Å². The molecule has 6 nitrogen and oxygen atoms in total. The van der Waals surface area contributed by atoms with Gasteiger partial charge in [0.05, 0.1) is 22.9 Å². The molecule has 0 atom stereocenters. The van der Waals surface area contributed by atoms with Crippen LogP contribution in [0.4, 0.5) is 0 Å². The average Bonchev–Trinajstić information content (AvgIpc) is 2.70. The predicted molar refractivity (Wildman–Crippen MR) is 119 cm³/mol. The topological polar surface area (TPSA) is 76.3 Å². The summed E-state index contributed by atoms with van der Waals surface area (Å²) in [5.74, 6) is -0.261. The van der Waals surface area contributed by atoms with Crippen LogP contribution in [0.5, 0.6) is 0 Å². The fraction of sp³-hybridized carbons (Fsp3) is 0.143. The number of thioether (sulfide) groups is 1. The summed E-state index contributed by atoms with van der Waals surface area (Å²) >= 11 is 7.22. The van der Waals surface area contributed by atoms with Crippen molar-refractivity contribution in [3.05, 3.63) is 81.6 Å². The maximum Gasteiger partial charge on any atom is 0.262 e. The summed E-state index contributed by atoms with van der Waals surface area (Å²) in [7, 11) is 0. The summed E-state index contributed by atoms with van der Waals surface area (Å²) in [6.07, 6.45) is 1.48. The highest BCUT2D eigenvalue weighted by Gasteiger charge is 2.13. The molecule has 0 bridgehead atoms. The van der Waals surface area contributed by atoms with Gasteiger partial charge in [-0.15, -0.1) is 0 Å². The van der Waals surface area contributed by atoms with Crippen molar-refractivity contribution in [3.8, 4) is 0 Å². The van der Waals surface area contributed by atoms with Crippen LogP contribution in [0.3, 0.4) is 0 Å². The Hall–Kier alpha value is -2.90. The van der Waals surface area contributed by atoms with Crippen LogP contribution in [-0.4, -0.2) is 27.4 Å². The molecule has 29 heavy (non-hydrogen) atoms. The van der Waals surface area contributed by atoms with Crippen LogP contribution < -0.4 is 11.0 Å². The van der Waals surface area contributed by atoms with Crippen molar-refractivity contribution >= 4 is 46.4 Å². The van der Waals surface area contributed by atoms with E-state index in [9.17, 15) is 9.59 Å². The number of hydrazone groups is 1. The lowest BCUT2D eigenvalue weighted by Crippen LogP contribution is -2.25. The molecule has 0 saturated heterocycles. The average molecular weight is 427 g/mol. The van der Waals surface area contributed by atoms with Gasteiger partial charge in [-0.05, 0) is 25.1 Å². The molecule has 148 valence electrons. The first-order chi connectivity index (χ1) is 14.0. The molecule has 0 saturated carbocycles. The van der Waals surface area contributed by atoms with E-state index >= 15 is 0 Å². The van der Waals surface area contributed by atoms with Gasteiger partial charge in [-0.3, -0.25) is 14.2 Å². The van der Waals surface area contributed by atoms with Crippen LogP contribution >= 0.6 is 23.4 Å². The van der Waals surface area contributed by atoms with Gasteiger partial charge in [-0.2, -0.15) is 5.10 Å². The number of benzene rings is 2. The Morgan fingerprint density at radius 3 is 2.76 bits per heavy atom. The molecule has 8 heteroatoms. The van der Waals surface area contributed by atoms with E-state index in [1.807, 2.05) is 25.1 Å². The van der Waals surface area contributed by atoms with Gasteiger partial charge >= 0.3 is 0 Å². The lowest BCUT2D eigenvalue weighted by Gasteiger charge is -2.12. The number of carbonyl (C=O) groups excluding carboxylic acids is 1. The lowest BCUT2D eigenvalue weighted by molar-refractivity contribution is -0.118. The second kappa shape index (κ2) is 9.54. The van der Waals surface area contributed by atoms with E-state index in [4.69, 9.17) is 11.6 Å². The second-order valence-corrected chi connectivity index (χ2v) is 7.71. The Morgan fingerprint density at radius 2 is 2.00 bits per heavy atom. The van der Waals surface area contributed by atoms with Gasteiger partial charge in [0.2, 0.25) is 0 Å². The number of carbonyl (C=O) groups is 1. The van der Waals surface area contributed by atoms with Gasteiger partial charge in [-0.25, -0.2) is 10.4 Å². The number of aromatic nitrogens is 2. The number of halogens is 1. The van der Waals surface area contributed by atoms with Crippen LogP contribution in [0, 0.1) is 0 Å². The minimum atomic E-state index is -0.317. The van der Waals surface area contributed by atoms with Gasteiger partial charge in [0.1, 0.15) is 0 Å². The summed E-state index contributed by atoms with van der Waals surface area (Å²) in [5, 5.41) is 5.47. The van der Waals surface area contributed by atoms with Crippen LogP contribution in [0.1, 0.15) is 12.5 Å². The first-order valence-electron chi connectivity index (χ1n) is 8.79. The number of fused-ring (bicyclic) bond motifs is 1. The summed E-state index contributed by atoms with van der Waals surface area (Å²) in [5.41, 5.74) is 4.42. The van der Waals surface area contributed by atoms with E-state index in [-0.39, 0.29) is 17.2 Å². The van der Waals surface area contributed by atoms with Crippen molar-refractivity contribution in [1.29, 1.82) is 0 Å². The largest absolute Gasteiger partial charge is 0.283 e. The van der Waals surface area contributed by atoms with Crippen LogP contribution in [0.15, 0.2) is 75.7 Å². The zero-order chi connectivity index (χ0) is 20.8. The summed E-state index contributed by atoms with van der Waals surface area (Å²) in [6, 6.07) is 14.3. The van der Waals surface area contributed by atoms with Crippen molar-refractivity contribution in [1.82, 2.24) is 15.0 Å². The van der Waals surface area contributed by atoms with Crippen molar-refractivity contribution in [2.24, 2.45) is 5.10 Å². The monoisotopic (exact) mass is 426 g/mol. The van der Waals surface area contributed by atoms with Gasteiger partial charge in [0, 0.05) is 17.1 Å². The molecule has 1 aromatic heterocycles. The number of nitrogens with zero attached hydrogens (tertiary/aromatic N) is 3. The summed E-state index contributed by atoms with van der Waals surface area (Å²) < 4.78 is 1.54. The second-order valence-electron chi connectivity index (χ2n) is 6.36. The zero-order valence-corrected chi connectivity index (χ0v) is 17.3. The van der Waals surface area contributed by atoms with E-state index in [2.05, 4.69) is 22.1 Å². The molecule has 1 amide bonds. The molecule has 1 heterocycles. The highest BCUT2D eigenvalue weighted by molar-refractivity contribution is 7.99.